The van der Waals surface area contributed by atoms with Gasteiger partial charge in [-0.3, -0.25) is 9.59 Å². The molecule has 1 atom stereocenters. The average Bonchev–Trinajstić information content (AvgIpc) is 3.03. The number of fused-ring (bicyclic) bond motifs is 1. The van der Waals surface area contributed by atoms with E-state index in [2.05, 4.69) is 12.2 Å². The molecule has 0 spiro atoms. The molecule has 0 fully saturated rings. The molecule has 0 saturated heterocycles. The molecule has 0 aliphatic heterocycles. The van der Waals surface area contributed by atoms with Gasteiger partial charge in [-0.25, -0.2) is 0 Å². The van der Waals surface area contributed by atoms with Gasteiger partial charge in [0, 0.05) is 4.88 Å². The molecule has 1 aromatic heterocycles. The number of amides is 2. The Kier molecular flexibility index (Phi) is 5.81. The SMILES string of the molecule is COc1ccc(/C=C(\C#N)C(=O)Nc2sc3c(c2C(N)=O)CC[C@H](C)C3)cc1. The number of thiophene rings is 1. The van der Waals surface area contributed by atoms with E-state index in [1.807, 2.05) is 6.07 Å². The summed E-state index contributed by atoms with van der Waals surface area (Å²) < 4.78 is 5.10. The van der Waals surface area contributed by atoms with E-state index >= 15 is 0 Å². The fourth-order valence-corrected chi connectivity index (χ4v) is 4.70. The van der Waals surface area contributed by atoms with Crippen LogP contribution in [-0.2, 0) is 17.6 Å². The molecule has 3 rings (SSSR count). The average molecular weight is 395 g/mol. The highest BCUT2D eigenvalue weighted by Crippen LogP contribution is 2.39. The quantitative estimate of drug-likeness (QED) is 0.597. The van der Waals surface area contributed by atoms with Gasteiger partial charge in [0.2, 0.25) is 0 Å². The summed E-state index contributed by atoms with van der Waals surface area (Å²) in [6.07, 6.45) is 4.11. The Balaban J connectivity index is 1.87. The highest BCUT2D eigenvalue weighted by atomic mass is 32.1. The molecule has 1 aliphatic carbocycles. The first-order valence-corrected chi connectivity index (χ1v) is 9.76. The third kappa shape index (κ3) is 4.07. The summed E-state index contributed by atoms with van der Waals surface area (Å²) >= 11 is 1.38. The van der Waals surface area contributed by atoms with Crippen molar-refractivity contribution in [3.8, 4) is 11.8 Å². The van der Waals surface area contributed by atoms with Crippen molar-refractivity contribution in [2.45, 2.75) is 26.2 Å². The molecule has 1 aromatic carbocycles. The molecule has 2 aromatic rings. The smallest absolute Gasteiger partial charge is 0.266 e. The minimum absolute atomic E-state index is 0.0553. The third-order valence-corrected chi connectivity index (χ3v) is 5.95. The van der Waals surface area contributed by atoms with E-state index in [1.165, 1.54) is 17.4 Å². The number of primary amides is 1. The molecular weight excluding hydrogens is 374 g/mol. The second-order valence-corrected chi connectivity index (χ2v) is 7.92. The highest BCUT2D eigenvalue weighted by Gasteiger charge is 2.27. The first-order chi connectivity index (χ1) is 13.4. The summed E-state index contributed by atoms with van der Waals surface area (Å²) in [4.78, 5) is 25.7. The largest absolute Gasteiger partial charge is 0.497 e. The first kappa shape index (κ1) is 19.6. The number of carbonyl (C=O) groups excluding carboxylic acids is 2. The van der Waals surface area contributed by atoms with Gasteiger partial charge < -0.3 is 15.8 Å². The minimum atomic E-state index is -0.563. The highest BCUT2D eigenvalue weighted by molar-refractivity contribution is 7.17. The maximum atomic E-state index is 12.7. The van der Waals surface area contributed by atoms with Gasteiger partial charge in [0.1, 0.15) is 22.4 Å². The Morgan fingerprint density at radius 3 is 2.68 bits per heavy atom. The molecule has 1 aliphatic rings. The number of nitrogens with one attached hydrogen (secondary N) is 1. The van der Waals surface area contributed by atoms with Crippen molar-refractivity contribution in [2.75, 3.05) is 12.4 Å². The second kappa shape index (κ2) is 8.28. The van der Waals surface area contributed by atoms with Gasteiger partial charge in [-0.1, -0.05) is 19.1 Å². The molecule has 0 saturated carbocycles. The number of benzene rings is 1. The lowest BCUT2D eigenvalue weighted by Crippen LogP contribution is -2.19. The topological polar surface area (TPSA) is 105 Å². The van der Waals surface area contributed by atoms with Crippen molar-refractivity contribution >= 4 is 34.2 Å². The number of nitrogens with two attached hydrogens (primary N) is 1. The Hall–Kier alpha value is -3.11. The fraction of sp³-hybridized carbons (Fsp3) is 0.286. The summed E-state index contributed by atoms with van der Waals surface area (Å²) in [5.41, 5.74) is 7.53. The van der Waals surface area contributed by atoms with Crippen LogP contribution in [0.5, 0.6) is 5.75 Å². The van der Waals surface area contributed by atoms with Gasteiger partial charge in [0.15, 0.2) is 0 Å². The van der Waals surface area contributed by atoms with E-state index in [0.29, 0.717) is 27.8 Å². The van der Waals surface area contributed by atoms with E-state index in [9.17, 15) is 14.9 Å². The van der Waals surface area contributed by atoms with Crippen LogP contribution >= 0.6 is 11.3 Å². The van der Waals surface area contributed by atoms with Gasteiger partial charge in [-0.05, 0) is 54.5 Å². The number of hydrogen-bond donors (Lipinski definition) is 2. The summed E-state index contributed by atoms with van der Waals surface area (Å²) in [5, 5.41) is 12.6. The maximum Gasteiger partial charge on any atom is 0.266 e. The molecule has 144 valence electrons. The van der Waals surface area contributed by atoms with Crippen LogP contribution in [0.25, 0.3) is 6.08 Å². The fourth-order valence-electron chi connectivity index (χ4n) is 3.29. The van der Waals surface area contributed by atoms with Crippen molar-refractivity contribution in [3.63, 3.8) is 0 Å². The number of nitriles is 1. The Bertz CT molecular complexity index is 984. The number of ether oxygens (including phenoxy) is 1. The maximum absolute atomic E-state index is 12.7. The van der Waals surface area contributed by atoms with Crippen LogP contribution in [0.1, 0.15) is 39.7 Å². The van der Waals surface area contributed by atoms with Crippen molar-refractivity contribution in [2.24, 2.45) is 11.7 Å². The Labute approximate surface area is 167 Å². The van der Waals surface area contributed by atoms with Gasteiger partial charge >= 0.3 is 0 Å². The number of hydrogen-bond acceptors (Lipinski definition) is 5. The van der Waals surface area contributed by atoms with E-state index in [4.69, 9.17) is 10.5 Å². The minimum Gasteiger partial charge on any atom is -0.497 e. The summed E-state index contributed by atoms with van der Waals surface area (Å²) in [5.74, 6) is 0.0946. The summed E-state index contributed by atoms with van der Waals surface area (Å²) in [7, 11) is 1.57. The molecule has 0 radical (unpaired) electrons. The molecule has 3 N–H and O–H groups in total. The number of rotatable bonds is 5. The number of methoxy groups -OCH3 is 1. The van der Waals surface area contributed by atoms with Crippen molar-refractivity contribution < 1.29 is 14.3 Å². The number of nitrogens with zero attached hydrogens (tertiary/aromatic N) is 1. The van der Waals surface area contributed by atoms with Gasteiger partial charge in [0.25, 0.3) is 11.8 Å². The molecular formula is C21H21N3O3S. The standard InChI is InChI=1S/C21H21N3O3S/c1-12-3-8-16-17(9-12)28-21(18(16)19(23)25)24-20(26)14(11-22)10-13-4-6-15(27-2)7-5-13/h4-7,10,12H,3,8-9H2,1-2H3,(H2,23,25)(H,24,26)/b14-10+/t12-/m0/s1. The van der Waals surface area contributed by atoms with Crippen LogP contribution in [0.4, 0.5) is 5.00 Å². The van der Waals surface area contributed by atoms with Crippen molar-refractivity contribution in [1.29, 1.82) is 5.26 Å². The zero-order valence-electron chi connectivity index (χ0n) is 15.7. The monoisotopic (exact) mass is 395 g/mol. The van der Waals surface area contributed by atoms with E-state index < -0.39 is 11.8 Å². The van der Waals surface area contributed by atoms with Gasteiger partial charge in [-0.2, -0.15) is 5.26 Å². The molecule has 1 heterocycles. The lowest BCUT2D eigenvalue weighted by Gasteiger charge is -2.18. The summed E-state index contributed by atoms with van der Waals surface area (Å²) in [6.45, 7) is 2.16. The number of anilines is 1. The predicted molar refractivity (Wildman–Crippen MR) is 109 cm³/mol. The van der Waals surface area contributed by atoms with Crippen LogP contribution in [0.3, 0.4) is 0 Å². The molecule has 0 unspecified atom stereocenters. The predicted octanol–water partition coefficient (Wildman–Crippen LogP) is 3.53. The lowest BCUT2D eigenvalue weighted by molar-refractivity contribution is -0.112. The third-order valence-electron chi connectivity index (χ3n) is 4.78. The summed E-state index contributed by atoms with van der Waals surface area (Å²) in [6, 6.07) is 8.93. The van der Waals surface area contributed by atoms with Crippen molar-refractivity contribution in [3.05, 3.63) is 51.4 Å². The zero-order valence-corrected chi connectivity index (χ0v) is 16.6. The second-order valence-electron chi connectivity index (χ2n) is 6.82. The van der Waals surface area contributed by atoms with Gasteiger partial charge in [-0.15, -0.1) is 11.3 Å². The van der Waals surface area contributed by atoms with E-state index in [1.54, 1.807) is 31.4 Å². The van der Waals surface area contributed by atoms with Crippen LogP contribution < -0.4 is 15.8 Å². The molecule has 2 amide bonds. The Morgan fingerprint density at radius 2 is 2.07 bits per heavy atom. The molecule has 0 bridgehead atoms. The molecule has 28 heavy (non-hydrogen) atoms. The number of carbonyl (C=O) groups is 2. The first-order valence-electron chi connectivity index (χ1n) is 8.94. The Morgan fingerprint density at radius 1 is 1.36 bits per heavy atom. The van der Waals surface area contributed by atoms with Crippen LogP contribution in [-0.4, -0.2) is 18.9 Å². The molecule has 7 heteroatoms. The zero-order chi connectivity index (χ0) is 20.3. The van der Waals surface area contributed by atoms with Crippen LogP contribution in [0, 0.1) is 17.2 Å². The van der Waals surface area contributed by atoms with E-state index in [0.717, 1.165) is 29.7 Å². The molecule has 6 nitrogen and oxygen atoms in total. The van der Waals surface area contributed by atoms with Crippen LogP contribution in [0.15, 0.2) is 29.8 Å². The van der Waals surface area contributed by atoms with Gasteiger partial charge in [0.05, 0.1) is 12.7 Å². The van der Waals surface area contributed by atoms with Crippen molar-refractivity contribution in [1.82, 2.24) is 0 Å². The lowest BCUT2D eigenvalue weighted by atomic mass is 9.88. The van der Waals surface area contributed by atoms with E-state index in [-0.39, 0.29) is 5.57 Å². The normalized spacial score (nSPS) is 16.0. The van der Waals surface area contributed by atoms with Crippen LogP contribution in [0.2, 0.25) is 0 Å².